The molecule has 0 bridgehead atoms. The minimum Gasteiger partial charge on any atom is -0.544 e. The predicted molar refractivity (Wildman–Crippen MR) is 48.9 cm³/mol. The van der Waals surface area contributed by atoms with Crippen LogP contribution in [-0.4, -0.2) is 25.7 Å². The van der Waals surface area contributed by atoms with Crippen LogP contribution < -0.4 is 19.9 Å². The highest BCUT2D eigenvalue weighted by atomic mass is 16.6. The molecule has 1 aromatic rings. The van der Waals surface area contributed by atoms with E-state index in [0.717, 1.165) is 5.69 Å². The summed E-state index contributed by atoms with van der Waals surface area (Å²) >= 11 is 0. The molecule has 5 nitrogen and oxygen atoms in total. The summed E-state index contributed by atoms with van der Waals surface area (Å²) in [4.78, 5) is 10.3. The molecule has 0 amide bonds. The van der Waals surface area contributed by atoms with E-state index in [1.807, 2.05) is 0 Å². The summed E-state index contributed by atoms with van der Waals surface area (Å²) in [5, 5.41) is 11.8. The Morgan fingerprint density at radius 3 is 2.80 bits per heavy atom. The van der Waals surface area contributed by atoms with Gasteiger partial charge in [-0.2, -0.15) is 0 Å². The summed E-state index contributed by atoms with van der Waals surface area (Å²) in [6, 6.07) is 5.32. The van der Waals surface area contributed by atoms with E-state index in [0.29, 0.717) is 24.7 Å². The Morgan fingerprint density at radius 1 is 1.33 bits per heavy atom. The summed E-state index contributed by atoms with van der Waals surface area (Å²) < 4.78 is 10.7. The van der Waals surface area contributed by atoms with Crippen LogP contribution in [0.1, 0.15) is 0 Å². The van der Waals surface area contributed by atoms with Gasteiger partial charge in [-0.05, 0) is 6.07 Å². The number of quaternary nitrogens is 1. The molecule has 15 heavy (non-hydrogen) atoms. The van der Waals surface area contributed by atoms with Crippen LogP contribution in [0.3, 0.4) is 0 Å². The van der Waals surface area contributed by atoms with Crippen LogP contribution >= 0.6 is 0 Å². The monoisotopic (exact) mass is 209 g/mol. The van der Waals surface area contributed by atoms with Gasteiger partial charge in [0.25, 0.3) is 0 Å². The molecular formula is C10H11NO4. The van der Waals surface area contributed by atoms with E-state index in [1.54, 1.807) is 23.5 Å². The lowest BCUT2D eigenvalue weighted by atomic mass is 10.2. The average Bonchev–Trinajstić information content (AvgIpc) is 2.26. The van der Waals surface area contributed by atoms with Gasteiger partial charge in [0, 0.05) is 12.1 Å². The molecular weight excluding hydrogens is 198 g/mol. The molecule has 2 N–H and O–H groups in total. The van der Waals surface area contributed by atoms with E-state index in [9.17, 15) is 9.90 Å². The SMILES string of the molecule is O=C([O-])C[NH2+]c1ccc2c(c1)OCCO2. The van der Waals surface area contributed by atoms with Crippen molar-refractivity contribution in [1.29, 1.82) is 0 Å². The van der Waals surface area contributed by atoms with E-state index in [-0.39, 0.29) is 6.54 Å². The Morgan fingerprint density at radius 2 is 2.07 bits per heavy atom. The molecule has 0 radical (unpaired) electrons. The van der Waals surface area contributed by atoms with E-state index >= 15 is 0 Å². The third-order valence-electron chi connectivity index (χ3n) is 2.07. The summed E-state index contributed by atoms with van der Waals surface area (Å²) in [6.45, 7) is 0.978. The summed E-state index contributed by atoms with van der Waals surface area (Å²) in [5.41, 5.74) is 0.795. The zero-order valence-corrected chi connectivity index (χ0v) is 8.06. The summed E-state index contributed by atoms with van der Waals surface area (Å²) in [6.07, 6.45) is 0. The fraction of sp³-hybridized carbons (Fsp3) is 0.300. The molecule has 0 saturated heterocycles. The fourth-order valence-corrected chi connectivity index (χ4v) is 1.39. The molecule has 2 rings (SSSR count). The molecule has 1 heterocycles. The molecule has 1 aromatic carbocycles. The maximum atomic E-state index is 10.3. The van der Waals surface area contributed by atoms with Crippen molar-refractivity contribution in [1.82, 2.24) is 0 Å². The van der Waals surface area contributed by atoms with Crippen molar-refractivity contribution in [2.75, 3.05) is 19.8 Å². The van der Waals surface area contributed by atoms with Crippen molar-refractivity contribution >= 4 is 11.7 Å². The zero-order chi connectivity index (χ0) is 10.7. The van der Waals surface area contributed by atoms with Gasteiger partial charge in [-0.3, -0.25) is 0 Å². The molecule has 80 valence electrons. The van der Waals surface area contributed by atoms with Gasteiger partial charge >= 0.3 is 0 Å². The number of hydrogen-bond acceptors (Lipinski definition) is 4. The van der Waals surface area contributed by atoms with Crippen molar-refractivity contribution in [2.24, 2.45) is 0 Å². The highest BCUT2D eigenvalue weighted by molar-refractivity contribution is 5.65. The van der Waals surface area contributed by atoms with E-state index in [2.05, 4.69) is 0 Å². The van der Waals surface area contributed by atoms with Crippen LogP contribution in [0.4, 0.5) is 5.69 Å². The molecule has 5 heteroatoms. The van der Waals surface area contributed by atoms with Gasteiger partial charge in [-0.25, -0.2) is 0 Å². The normalized spacial score (nSPS) is 13.6. The Bertz CT molecular complexity index is 378. The molecule has 0 atom stereocenters. The van der Waals surface area contributed by atoms with Gasteiger partial charge in [-0.1, -0.05) is 0 Å². The number of nitrogens with two attached hydrogens (primary N) is 1. The largest absolute Gasteiger partial charge is 0.544 e. The standard InChI is InChI=1S/C10H11NO4/c12-10(13)6-11-7-1-2-8-9(5-7)15-4-3-14-8/h1-2,5,11H,3-4,6H2,(H,12,13). The third-order valence-corrected chi connectivity index (χ3v) is 2.07. The number of aliphatic carboxylic acids is 1. The lowest BCUT2D eigenvalue weighted by molar-refractivity contribution is -0.569. The number of hydrogen-bond donors (Lipinski definition) is 1. The number of carbonyl (C=O) groups excluding carboxylic acids is 1. The van der Waals surface area contributed by atoms with Gasteiger partial charge in [0.15, 0.2) is 11.5 Å². The molecule has 0 fully saturated rings. The third kappa shape index (κ3) is 2.38. The number of ether oxygens (including phenoxy) is 2. The lowest BCUT2D eigenvalue weighted by Crippen LogP contribution is -2.81. The first kappa shape index (κ1) is 9.79. The number of fused-ring (bicyclic) bond motifs is 1. The first-order chi connectivity index (χ1) is 7.25. The van der Waals surface area contributed by atoms with Gasteiger partial charge < -0.3 is 24.7 Å². The van der Waals surface area contributed by atoms with Crippen LogP contribution in [0.15, 0.2) is 18.2 Å². The molecule has 0 unspecified atom stereocenters. The van der Waals surface area contributed by atoms with Crippen LogP contribution in [0.25, 0.3) is 0 Å². The van der Waals surface area contributed by atoms with E-state index in [4.69, 9.17) is 9.47 Å². The second kappa shape index (κ2) is 4.18. The zero-order valence-electron chi connectivity index (χ0n) is 8.06. The minimum absolute atomic E-state index is 0.0976. The average molecular weight is 209 g/mol. The first-order valence-corrected chi connectivity index (χ1v) is 4.68. The Hall–Kier alpha value is -1.75. The van der Waals surface area contributed by atoms with Crippen LogP contribution in [0.5, 0.6) is 11.5 Å². The topological polar surface area (TPSA) is 75.2 Å². The van der Waals surface area contributed by atoms with Gasteiger partial charge in [-0.15, -0.1) is 0 Å². The minimum atomic E-state index is -1.09. The highest BCUT2D eigenvalue weighted by Gasteiger charge is 2.12. The van der Waals surface area contributed by atoms with Gasteiger partial charge in [0.2, 0.25) is 0 Å². The Balaban J connectivity index is 2.10. The van der Waals surface area contributed by atoms with Crippen LogP contribution in [0.2, 0.25) is 0 Å². The fourth-order valence-electron chi connectivity index (χ4n) is 1.39. The Kier molecular flexibility index (Phi) is 2.73. The summed E-state index contributed by atoms with van der Waals surface area (Å²) in [7, 11) is 0. The highest BCUT2D eigenvalue weighted by Crippen LogP contribution is 2.30. The number of rotatable bonds is 3. The molecule has 0 saturated carbocycles. The van der Waals surface area contributed by atoms with E-state index in [1.165, 1.54) is 0 Å². The van der Waals surface area contributed by atoms with Crippen molar-refractivity contribution < 1.29 is 24.7 Å². The van der Waals surface area contributed by atoms with Crippen molar-refractivity contribution in [3.8, 4) is 11.5 Å². The number of carbonyl (C=O) groups is 1. The molecule has 1 aliphatic heterocycles. The molecule has 1 aliphatic rings. The number of carboxylic acids is 1. The summed E-state index contributed by atoms with van der Waals surface area (Å²) in [5.74, 6) is 0.269. The Labute approximate surface area is 86.6 Å². The van der Waals surface area contributed by atoms with Gasteiger partial charge in [0.05, 0.1) is 5.97 Å². The van der Waals surface area contributed by atoms with Crippen molar-refractivity contribution in [3.63, 3.8) is 0 Å². The van der Waals surface area contributed by atoms with E-state index < -0.39 is 5.97 Å². The maximum Gasteiger partial charge on any atom is 0.167 e. The molecule has 0 aliphatic carbocycles. The second-order valence-electron chi connectivity index (χ2n) is 3.18. The molecule has 0 spiro atoms. The quantitative estimate of drug-likeness (QED) is 0.608. The number of carboxylic acid groups (broad SMARTS) is 1. The lowest BCUT2D eigenvalue weighted by Gasteiger charge is -2.18. The maximum absolute atomic E-state index is 10.3. The second-order valence-corrected chi connectivity index (χ2v) is 3.18. The molecule has 0 aromatic heterocycles. The first-order valence-electron chi connectivity index (χ1n) is 4.68. The van der Waals surface area contributed by atoms with Crippen LogP contribution in [0, 0.1) is 0 Å². The smallest absolute Gasteiger partial charge is 0.167 e. The van der Waals surface area contributed by atoms with Crippen molar-refractivity contribution in [3.05, 3.63) is 18.2 Å². The predicted octanol–water partition coefficient (Wildman–Crippen LogP) is -1.60. The van der Waals surface area contributed by atoms with Crippen molar-refractivity contribution in [2.45, 2.75) is 0 Å². The van der Waals surface area contributed by atoms with Gasteiger partial charge in [0.1, 0.15) is 25.4 Å². The number of benzene rings is 1. The van der Waals surface area contributed by atoms with Crippen LogP contribution in [-0.2, 0) is 4.79 Å².